The molecule has 0 radical (unpaired) electrons. The van der Waals surface area contributed by atoms with Gasteiger partial charge in [0, 0.05) is 38.3 Å². The Hall–Kier alpha value is -0.610. The van der Waals surface area contributed by atoms with Gasteiger partial charge in [0.2, 0.25) is 5.91 Å². The Morgan fingerprint density at radius 2 is 2.00 bits per heavy atom. The van der Waals surface area contributed by atoms with Gasteiger partial charge in [0.25, 0.3) is 0 Å². The zero-order valence-corrected chi connectivity index (χ0v) is 9.92. The van der Waals surface area contributed by atoms with Gasteiger partial charge in [-0.05, 0) is 20.9 Å². The van der Waals surface area contributed by atoms with Gasteiger partial charge in [-0.3, -0.25) is 9.69 Å². The molecule has 0 spiro atoms. The topological polar surface area (TPSA) is 35.6 Å². The van der Waals surface area contributed by atoms with E-state index >= 15 is 0 Å². The van der Waals surface area contributed by atoms with Crippen LogP contribution in [0.4, 0.5) is 0 Å². The van der Waals surface area contributed by atoms with Crippen LogP contribution in [0, 0.1) is 5.92 Å². The number of amides is 1. The van der Waals surface area contributed by atoms with Crippen LogP contribution >= 0.6 is 0 Å². The zero-order chi connectivity index (χ0) is 11.1. The summed E-state index contributed by atoms with van der Waals surface area (Å²) >= 11 is 0. The summed E-state index contributed by atoms with van der Waals surface area (Å²) in [4.78, 5) is 16.4. The lowest BCUT2D eigenvalue weighted by Crippen LogP contribution is -2.62. The van der Waals surface area contributed by atoms with Crippen molar-refractivity contribution < 1.29 is 4.79 Å². The predicted molar refractivity (Wildman–Crippen MR) is 59.6 cm³/mol. The van der Waals surface area contributed by atoms with E-state index in [9.17, 15) is 4.79 Å². The van der Waals surface area contributed by atoms with E-state index < -0.39 is 0 Å². The first-order chi connectivity index (χ1) is 7.00. The van der Waals surface area contributed by atoms with Crippen LogP contribution in [0.3, 0.4) is 0 Å². The highest BCUT2D eigenvalue weighted by Gasteiger charge is 2.36. The van der Waals surface area contributed by atoms with Gasteiger partial charge in [-0.1, -0.05) is 0 Å². The molecule has 1 amide bonds. The number of carbonyl (C=O) groups is 1. The van der Waals surface area contributed by atoms with Gasteiger partial charge in [0.05, 0.1) is 5.92 Å². The van der Waals surface area contributed by atoms with Gasteiger partial charge in [0.15, 0.2) is 0 Å². The highest BCUT2D eigenvalue weighted by Crippen LogP contribution is 2.21. The summed E-state index contributed by atoms with van der Waals surface area (Å²) in [5.41, 5.74) is 0.116. The lowest BCUT2D eigenvalue weighted by atomic mass is 9.96. The monoisotopic (exact) mass is 211 g/mol. The molecule has 0 aromatic heterocycles. The molecule has 2 aliphatic heterocycles. The minimum Gasteiger partial charge on any atom is -0.339 e. The number of hydrogen-bond donors (Lipinski definition) is 1. The van der Waals surface area contributed by atoms with Crippen LogP contribution in [0.15, 0.2) is 0 Å². The summed E-state index contributed by atoms with van der Waals surface area (Å²) in [6.07, 6.45) is 0. The maximum absolute atomic E-state index is 12.0. The molecule has 0 aromatic rings. The first-order valence-corrected chi connectivity index (χ1v) is 5.71. The number of rotatable bonds is 1. The van der Waals surface area contributed by atoms with Crippen LogP contribution in [-0.4, -0.2) is 61.0 Å². The molecule has 0 aliphatic carbocycles. The van der Waals surface area contributed by atoms with E-state index in [1.165, 1.54) is 0 Å². The third-order valence-electron chi connectivity index (χ3n) is 3.76. The SMILES string of the molecule is CN1CCN(C(=O)C2CNC2)CC1(C)C. The molecule has 0 atom stereocenters. The van der Waals surface area contributed by atoms with E-state index in [1.54, 1.807) is 0 Å². The van der Waals surface area contributed by atoms with Crippen molar-refractivity contribution in [3.8, 4) is 0 Å². The smallest absolute Gasteiger partial charge is 0.228 e. The zero-order valence-electron chi connectivity index (χ0n) is 9.92. The molecular weight excluding hydrogens is 190 g/mol. The maximum Gasteiger partial charge on any atom is 0.228 e. The summed E-state index contributed by atoms with van der Waals surface area (Å²) in [6.45, 7) is 8.86. The summed E-state index contributed by atoms with van der Waals surface area (Å²) in [6, 6.07) is 0. The molecule has 2 fully saturated rings. The van der Waals surface area contributed by atoms with E-state index in [0.29, 0.717) is 5.91 Å². The second kappa shape index (κ2) is 3.76. The molecule has 2 rings (SSSR count). The van der Waals surface area contributed by atoms with E-state index in [4.69, 9.17) is 0 Å². The Balaban J connectivity index is 1.96. The van der Waals surface area contributed by atoms with Gasteiger partial charge >= 0.3 is 0 Å². The van der Waals surface area contributed by atoms with E-state index in [2.05, 4.69) is 31.1 Å². The highest BCUT2D eigenvalue weighted by molar-refractivity contribution is 5.80. The molecule has 15 heavy (non-hydrogen) atoms. The van der Waals surface area contributed by atoms with E-state index in [-0.39, 0.29) is 11.5 Å². The predicted octanol–water partition coefficient (Wildman–Crippen LogP) is -0.242. The molecule has 86 valence electrons. The fraction of sp³-hybridized carbons (Fsp3) is 0.909. The van der Waals surface area contributed by atoms with Crippen molar-refractivity contribution in [3.63, 3.8) is 0 Å². The molecule has 0 unspecified atom stereocenters. The quantitative estimate of drug-likeness (QED) is 0.650. The number of carbonyl (C=O) groups excluding carboxylic acids is 1. The molecule has 2 saturated heterocycles. The highest BCUT2D eigenvalue weighted by atomic mass is 16.2. The van der Waals surface area contributed by atoms with Gasteiger partial charge in [-0.25, -0.2) is 0 Å². The molecule has 4 nitrogen and oxygen atoms in total. The molecule has 1 N–H and O–H groups in total. The molecule has 0 bridgehead atoms. The third-order valence-corrected chi connectivity index (χ3v) is 3.76. The average molecular weight is 211 g/mol. The number of hydrogen-bond acceptors (Lipinski definition) is 3. The fourth-order valence-corrected chi connectivity index (χ4v) is 2.15. The third kappa shape index (κ3) is 2.01. The minimum absolute atomic E-state index is 0.116. The molecule has 4 heteroatoms. The Kier molecular flexibility index (Phi) is 2.73. The molecule has 2 heterocycles. The van der Waals surface area contributed by atoms with Gasteiger partial charge in [-0.15, -0.1) is 0 Å². The van der Waals surface area contributed by atoms with E-state index in [1.807, 2.05) is 4.90 Å². The average Bonchev–Trinajstić information content (AvgIpc) is 2.06. The van der Waals surface area contributed by atoms with Crippen molar-refractivity contribution in [1.29, 1.82) is 0 Å². The summed E-state index contributed by atoms with van der Waals surface area (Å²) in [5, 5.41) is 3.15. The minimum atomic E-state index is 0.116. The number of likely N-dealkylation sites (N-methyl/N-ethyl adjacent to an activating group) is 1. The molecule has 2 aliphatic rings. The standard InChI is InChI=1S/C11H21N3O/c1-11(2)8-14(5-4-13(11)3)10(15)9-6-12-7-9/h9,12H,4-8H2,1-3H3. The van der Waals surface area contributed by atoms with Crippen LogP contribution in [-0.2, 0) is 4.79 Å². The lowest BCUT2D eigenvalue weighted by molar-refractivity contribution is -0.141. The van der Waals surface area contributed by atoms with Crippen molar-refractivity contribution in [2.24, 2.45) is 5.92 Å². The van der Waals surface area contributed by atoms with Crippen molar-refractivity contribution in [2.75, 3.05) is 39.8 Å². The largest absolute Gasteiger partial charge is 0.339 e. The van der Waals surface area contributed by atoms with Crippen LogP contribution in [0.2, 0.25) is 0 Å². The fourth-order valence-electron chi connectivity index (χ4n) is 2.15. The van der Waals surface area contributed by atoms with Crippen molar-refractivity contribution in [2.45, 2.75) is 19.4 Å². The van der Waals surface area contributed by atoms with Crippen molar-refractivity contribution in [1.82, 2.24) is 15.1 Å². The summed E-state index contributed by atoms with van der Waals surface area (Å²) < 4.78 is 0. The maximum atomic E-state index is 12.0. The lowest BCUT2D eigenvalue weighted by Gasteiger charge is -2.46. The number of nitrogens with one attached hydrogen (secondary N) is 1. The molecule has 0 aromatic carbocycles. The molecular formula is C11H21N3O. The van der Waals surface area contributed by atoms with E-state index in [0.717, 1.165) is 32.7 Å². The van der Waals surface area contributed by atoms with Gasteiger partial charge in [0.1, 0.15) is 0 Å². The van der Waals surface area contributed by atoms with Gasteiger partial charge in [-0.2, -0.15) is 0 Å². The van der Waals surface area contributed by atoms with Crippen LogP contribution in [0.1, 0.15) is 13.8 Å². The number of nitrogens with zero attached hydrogens (tertiary/aromatic N) is 2. The second-order valence-electron chi connectivity index (χ2n) is 5.35. The van der Waals surface area contributed by atoms with Crippen LogP contribution in [0.25, 0.3) is 0 Å². The Labute approximate surface area is 91.6 Å². The van der Waals surface area contributed by atoms with Crippen LogP contribution in [0.5, 0.6) is 0 Å². The normalized spacial score (nSPS) is 27.5. The Bertz CT molecular complexity index is 261. The Morgan fingerprint density at radius 1 is 1.33 bits per heavy atom. The Morgan fingerprint density at radius 3 is 2.47 bits per heavy atom. The first kappa shape index (κ1) is 10.9. The molecule has 0 saturated carbocycles. The number of piperazine rings is 1. The summed E-state index contributed by atoms with van der Waals surface area (Å²) in [7, 11) is 2.13. The second-order valence-corrected chi connectivity index (χ2v) is 5.35. The van der Waals surface area contributed by atoms with Crippen molar-refractivity contribution >= 4 is 5.91 Å². The van der Waals surface area contributed by atoms with Gasteiger partial charge < -0.3 is 10.2 Å². The van der Waals surface area contributed by atoms with Crippen molar-refractivity contribution in [3.05, 3.63) is 0 Å². The summed E-state index contributed by atoms with van der Waals surface area (Å²) in [5.74, 6) is 0.583. The van der Waals surface area contributed by atoms with Crippen LogP contribution < -0.4 is 5.32 Å². The first-order valence-electron chi connectivity index (χ1n) is 5.71.